The molecule has 72 valence electrons. The van der Waals surface area contributed by atoms with Crippen LogP contribution in [0.2, 0.25) is 0 Å². The number of aliphatic hydroxyl groups is 1. The molecule has 0 spiro atoms. The fourth-order valence-corrected chi connectivity index (χ4v) is 2.18. The summed E-state index contributed by atoms with van der Waals surface area (Å²) in [5.41, 5.74) is 0. The van der Waals surface area contributed by atoms with Gasteiger partial charge in [0.25, 0.3) is 0 Å². The number of hydrogen-bond acceptors (Lipinski definition) is 5. The topological polar surface area (TPSA) is 49.2 Å². The van der Waals surface area contributed by atoms with E-state index in [1.54, 1.807) is 0 Å². The molecule has 1 aromatic heterocycles. The van der Waals surface area contributed by atoms with Crippen LogP contribution >= 0.6 is 11.5 Å². The van der Waals surface area contributed by atoms with Crippen LogP contribution in [0.1, 0.15) is 18.7 Å². The van der Waals surface area contributed by atoms with E-state index < -0.39 is 0 Å². The van der Waals surface area contributed by atoms with Gasteiger partial charge in [-0.15, -0.1) is 0 Å². The molecule has 1 heterocycles. The molecule has 0 radical (unpaired) electrons. The minimum atomic E-state index is -0.186. The molecule has 13 heavy (non-hydrogen) atoms. The third-order valence-electron chi connectivity index (χ3n) is 2.52. The second-order valence-corrected chi connectivity index (χ2v) is 4.18. The fraction of sp³-hybridized carbons (Fsp3) is 0.750. The van der Waals surface area contributed by atoms with Crippen LogP contribution in [0.5, 0.6) is 0 Å². The Hall–Kier alpha value is -0.680. The molecule has 4 nitrogen and oxygen atoms in total. The maximum Gasteiger partial charge on any atom is 0.205 e. The quantitative estimate of drug-likeness (QED) is 0.765. The van der Waals surface area contributed by atoms with Gasteiger partial charge in [0.2, 0.25) is 5.13 Å². The Labute approximate surface area is 81.4 Å². The minimum absolute atomic E-state index is 0.186. The van der Waals surface area contributed by atoms with E-state index in [1.807, 2.05) is 18.9 Å². The van der Waals surface area contributed by atoms with Crippen molar-refractivity contribution < 1.29 is 5.11 Å². The average Bonchev–Trinajstić information content (AvgIpc) is 2.49. The first-order valence-electron chi connectivity index (χ1n) is 4.39. The van der Waals surface area contributed by atoms with Gasteiger partial charge in [-0.25, -0.2) is 4.98 Å². The third kappa shape index (κ3) is 1.53. The van der Waals surface area contributed by atoms with Crippen LogP contribution in [-0.2, 0) is 0 Å². The third-order valence-corrected chi connectivity index (χ3v) is 3.42. The number of aliphatic hydroxyl groups excluding tert-OH is 1. The lowest BCUT2D eigenvalue weighted by atomic mass is 9.88. The van der Waals surface area contributed by atoms with Crippen LogP contribution in [0.15, 0.2) is 0 Å². The van der Waals surface area contributed by atoms with Gasteiger partial charge in [0.05, 0.1) is 12.1 Å². The summed E-state index contributed by atoms with van der Waals surface area (Å²) in [6, 6.07) is 0.243. The lowest BCUT2D eigenvalue weighted by Crippen LogP contribution is -2.48. The van der Waals surface area contributed by atoms with Crippen molar-refractivity contribution in [3.8, 4) is 0 Å². The smallest absolute Gasteiger partial charge is 0.205 e. The lowest BCUT2D eigenvalue weighted by molar-refractivity contribution is 0.0668. The Bertz CT molecular complexity index is 301. The molecule has 0 amide bonds. The summed E-state index contributed by atoms with van der Waals surface area (Å²) < 4.78 is 4.11. The Morgan fingerprint density at radius 3 is 2.69 bits per heavy atom. The number of aryl methyl sites for hydroxylation is 1. The van der Waals surface area contributed by atoms with E-state index in [2.05, 4.69) is 9.36 Å². The molecule has 1 saturated carbocycles. The second-order valence-electron chi connectivity index (χ2n) is 3.45. The Balaban J connectivity index is 2.08. The van der Waals surface area contributed by atoms with Crippen LogP contribution in [0.25, 0.3) is 0 Å². The second kappa shape index (κ2) is 3.23. The van der Waals surface area contributed by atoms with E-state index in [0.29, 0.717) is 0 Å². The van der Waals surface area contributed by atoms with E-state index >= 15 is 0 Å². The Kier molecular flexibility index (Phi) is 2.21. The highest BCUT2D eigenvalue weighted by atomic mass is 32.1. The maximum atomic E-state index is 9.46. The summed E-state index contributed by atoms with van der Waals surface area (Å²) in [6.45, 7) is 1.88. The van der Waals surface area contributed by atoms with E-state index in [1.165, 1.54) is 11.5 Å². The molecule has 1 aromatic rings. The predicted molar refractivity (Wildman–Crippen MR) is 52.1 cm³/mol. The first-order chi connectivity index (χ1) is 6.18. The van der Waals surface area contributed by atoms with Crippen LogP contribution in [0.3, 0.4) is 0 Å². The highest BCUT2D eigenvalue weighted by Crippen LogP contribution is 2.29. The molecule has 0 bridgehead atoms. The van der Waals surface area contributed by atoms with Crippen molar-refractivity contribution in [2.24, 2.45) is 0 Å². The Morgan fingerprint density at radius 1 is 1.54 bits per heavy atom. The SMILES string of the molecule is Cc1nsc(N(C)C2CCC2O)n1. The zero-order valence-corrected chi connectivity index (χ0v) is 8.58. The van der Waals surface area contributed by atoms with Gasteiger partial charge in [0.15, 0.2) is 0 Å². The molecule has 1 aliphatic rings. The van der Waals surface area contributed by atoms with Crippen molar-refractivity contribution in [3.63, 3.8) is 0 Å². The summed E-state index contributed by atoms with van der Waals surface area (Å²) in [7, 11) is 1.97. The van der Waals surface area contributed by atoms with Gasteiger partial charge >= 0.3 is 0 Å². The number of anilines is 1. The molecule has 0 aromatic carbocycles. The first-order valence-corrected chi connectivity index (χ1v) is 5.17. The van der Waals surface area contributed by atoms with Crippen molar-refractivity contribution in [1.29, 1.82) is 0 Å². The summed E-state index contributed by atoms with van der Waals surface area (Å²) in [5.74, 6) is 0.806. The normalized spacial score (nSPS) is 27.0. The monoisotopic (exact) mass is 199 g/mol. The summed E-state index contributed by atoms with van der Waals surface area (Å²) in [4.78, 5) is 6.30. The zero-order chi connectivity index (χ0) is 9.42. The van der Waals surface area contributed by atoms with Gasteiger partial charge in [-0.1, -0.05) is 0 Å². The molecule has 0 saturated heterocycles. The molecule has 2 rings (SSSR count). The summed E-state index contributed by atoms with van der Waals surface area (Å²) >= 11 is 1.39. The first kappa shape index (κ1) is 8.90. The predicted octanol–water partition coefficient (Wildman–Crippen LogP) is 0.806. The lowest BCUT2D eigenvalue weighted by Gasteiger charge is -2.39. The van der Waals surface area contributed by atoms with Gasteiger partial charge in [-0.05, 0) is 19.8 Å². The molecule has 5 heteroatoms. The molecule has 1 N–H and O–H groups in total. The van der Waals surface area contributed by atoms with Crippen LogP contribution in [0.4, 0.5) is 5.13 Å². The van der Waals surface area contributed by atoms with Crippen molar-refractivity contribution in [2.45, 2.75) is 31.9 Å². The number of rotatable bonds is 2. The van der Waals surface area contributed by atoms with Gasteiger partial charge in [-0.3, -0.25) is 0 Å². The van der Waals surface area contributed by atoms with Gasteiger partial charge < -0.3 is 10.0 Å². The molecule has 1 fully saturated rings. The average molecular weight is 199 g/mol. The number of hydrogen-bond donors (Lipinski definition) is 1. The fourth-order valence-electron chi connectivity index (χ4n) is 1.49. The molecular formula is C8H13N3OS. The minimum Gasteiger partial charge on any atom is -0.391 e. The molecular weight excluding hydrogens is 186 g/mol. The van der Waals surface area contributed by atoms with E-state index in [9.17, 15) is 5.11 Å². The maximum absolute atomic E-state index is 9.46. The number of aromatic nitrogens is 2. The van der Waals surface area contributed by atoms with E-state index in [0.717, 1.165) is 23.8 Å². The van der Waals surface area contributed by atoms with Crippen molar-refractivity contribution in [1.82, 2.24) is 9.36 Å². The highest BCUT2D eigenvalue weighted by molar-refractivity contribution is 7.09. The largest absolute Gasteiger partial charge is 0.391 e. The highest BCUT2D eigenvalue weighted by Gasteiger charge is 2.33. The van der Waals surface area contributed by atoms with Crippen LogP contribution in [0, 0.1) is 6.92 Å². The van der Waals surface area contributed by atoms with Gasteiger partial charge in [0.1, 0.15) is 5.82 Å². The number of nitrogens with zero attached hydrogens (tertiary/aromatic N) is 3. The Morgan fingerprint density at radius 2 is 2.31 bits per heavy atom. The van der Waals surface area contributed by atoms with Gasteiger partial charge in [0, 0.05) is 18.6 Å². The van der Waals surface area contributed by atoms with E-state index in [-0.39, 0.29) is 12.1 Å². The summed E-state index contributed by atoms with van der Waals surface area (Å²) in [6.07, 6.45) is 1.78. The zero-order valence-electron chi connectivity index (χ0n) is 7.77. The van der Waals surface area contributed by atoms with Crippen molar-refractivity contribution >= 4 is 16.7 Å². The van der Waals surface area contributed by atoms with Crippen LogP contribution < -0.4 is 4.90 Å². The summed E-state index contributed by atoms with van der Waals surface area (Å²) in [5, 5.41) is 10.4. The molecule has 2 unspecified atom stereocenters. The molecule has 2 atom stereocenters. The van der Waals surface area contributed by atoms with E-state index in [4.69, 9.17) is 0 Å². The van der Waals surface area contributed by atoms with Crippen molar-refractivity contribution in [3.05, 3.63) is 5.82 Å². The molecule has 1 aliphatic carbocycles. The van der Waals surface area contributed by atoms with Crippen LogP contribution in [-0.4, -0.2) is 33.7 Å². The standard InChI is InChI=1S/C8H13N3OS/c1-5-9-8(13-10-5)11(2)6-3-4-7(6)12/h6-7,12H,3-4H2,1-2H3. The van der Waals surface area contributed by atoms with Crippen molar-refractivity contribution in [2.75, 3.05) is 11.9 Å². The van der Waals surface area contributed by atoms with Gasteiger partial charge in [-0.2, -0.15) is 4.37 Å². The molecule has 0 aliphatic heterocycles. The number of likely N-dealkylation sites (N-methyl/N-ethyl adjacent to an activating group) is 1.